The van der Waals surface area contributed by atoms with Crippen molar-refractivity contribution in [1.29, 1.82) is 0 Å². The van der Waals surface area contributed by atoms with Crippen LogP contribution < -0.4 is 0 Å². The van der Waals surface area contributed by atoms with Crippen molar-refractivity contribution < 1.29 is 4.79 Å². The Balaban J connectivity index is 2.16. The van der Waals surface area contributed by atoms with Crippen LogP contribution in [0.2, 0.25) is 0 Å². The first-order valence-corrected chi connectivity index (χ1v) is 5.86. The predicted molar refractivity (Wildman–Crippen MR) is 73.5 cm³/mol. The lowest BCUT2D eigenvalue weighted by Crippen LogP contribution is -1.93. The highest BCUT2D eigenvalue weighted by Gasteiger charge is 2.00. The first kappa shape index (κ1) is 12.2. The van der Waals surface area contributed by atoms with Crippen molar-refractivity contribution in [2.24, 2.45) is 0 Å². The maximum atomic E-state index is 11.9. The molecule has 0 fully saturated rings. The van der Waals surface area contributed by atoms with Crippen molar-refractivity contribution in [2.45, 2.75) is 13.8 Å². The van der Waals surface area contributed by atoms with Gasteiger partial charge in [-0.1, -0.05) is 24.3 Å². The lowest BCUT2D eigenvalue weighted by atomic mass is 10.1. The molecule has 0 aliphatic rings. The van der Waals surface area contributed by atoms with Gasteiger partial charge in [0.2, 0.25) is 0 Å². The van der Waals surface area contributed by atoms with E-state index in [0.29, 0.717) is 5.56 Å². The largest absolute Gasteiger partial charge is 0.289 e. The van der Waals surface area contributed by atoms with Gasteiger partial charge in [0.1, 0.15) is 0 Å². The number of hydrogen-bond donors (Lipinski definition) is 0. The minimum Gasteiger partial charge on any atom is -0.289 e. The molecule has 2 nitrogen and oxygen atoms in total. The molecule has 0 spiro atoms. The minimum absolute atomic E-state index is 0.00405. The van der Waals surface area contributed by atoms with Gasteiger partial charge in [0, 0.05) is 18.0 Å². The quantitative estimate of drug-likeness (QED) is 0.603. The fourth-order valence-electron chi connectivity index (χ4n) is 1.65. The standard InChI is InChI=1S/C16H15NO/c1-12-3-4-14(11-13(12)2)5-6-16(18)15-7-9-17-10-8-15/h3-11H,1-2H3. The normalized spacial score (nSPS) is 10.8. The molecule has 0 N–H and O–H groups in total. The zero-order valence-corrected chi connectivity index (χ0v) is 10.6. The average molecular weight is 237 g/mol. The number of benzene rings is 1. The van der Waals surface area contributed by atoms with Gasteiger partial charge in [0.15, 0.2) is 5.78 Å². The molecule has 90 valence electrons. The van der Waals surface area contributed by atoms with Gasteiger partial charge >= 0.3 is 0 Å². The molecule has 2 rings (SSSR count). The van der Waals surface area contributed by atoms with Gasteiger partial charge in [-0.05, 0) is 48.7 Å². The number of carbonyl (C=O) groups is 1. The number of allylic oxidation sites excluding steroid dienone is 1. The zero-order chi connectivity index (χ0) is 13.0. The molecule has 2 heteroatoms. The third kappa shape index (κ3) is 2.92. The second kappa shape index (κ2) is 5.41. The van der Waals surface area contributed by atoms with E-state index in [1.807, 2.05) is 12.1 Å². The van der Waals surface area contributed by atoms with Crippen LogP contribution in [0.5, 0.6) is 0 Å². The minimum atomic E-state index is -0.00405. The molecule has 0 atom stereocenters. The predicted octanol–water partition coefficient (Wildman–Crippen LogP) is 3.59. The van der Waals surface area contributed by atoms with Crippen molar-refractivity contribution in [2.75, 3.05) is 0 Å². The number of aromatic nitrogens is 1. The van der Waals surface area contributed by atoms with Gasteiger partial charge in [0.05, 0.1) is 0 Å². The molecule has 0 aliphatic heterocycles. The molecule has 1 aromatic heterocycles. The third-order valence-corrected chi connectivity index (χ3v) is 2.92. The summed E-state index contributed by atoms with van der Waals surface area (Å²) in [5.41, 5.74) is 4.19. The molecule has 1 heterocycles. The molecule has 0 aliphatic carbocycles. The van der Waals surface area contributed by atoms with Crippen LogP contribution in [0.3, 0.4) is 0 Å². The fraction of sp³-hybridized carbons (Fsp3) is 0.125. The number of ketones is 1. The fourth-order valence-corrected chi connectivity index (χ4v) is 1.65. The van der Waals surface area contributed by atoms with E-state index in [1.54, 1.807) is 30.6 Å². The summed E-state index contributed by atoms with van der Waals surface area (Å²) >= 11 is 0. The molecule has 0 saturated heterocycles. The molecule has 2 aromatic rings. The second-order valence-corrected chi connectivity index (χ2v) is 4.28. The highest BCUT2D eigenvalue weighted by Crippen LogP contribution is 2.11. The van der Waals surface area contributed by atoms with Crippen molar-refractivity contribution in [1.82, 2.24) is 4.98 Å². The summed E-state index contributed by atoms with van der Waals surface area (Å²) in [5, 5.41) is 0. The molecule has 18 heavy (non-hydrogen) atoms. The number of rotatable bonds is 3. The average Bonchev–Trinajstić information content (AvgIpc) is 2.41. The highest BCUT2D eigenvalue weighted by molar-refractivity contribution is 6.06. The van der Waals surface area contributed by atoms with Gasteiger partial charge in [0.25, 0.3) is 0 Å². The van der Waals surface area contributed by atoms with Crippen LogP contribution in [0.15, 0.2) is 48.8 Å². The van der Waals surface area contributed by atoms with Crippen molar-refractivity contribution >= 4 is 11.9 Å². The molecule has 0 bridgehead atoms. The second-order valence-electron chi connectivity index (χ2n) is 4.28. The summed E-state index contributed by atoms with van der Waals surface area (Å²) in [6, 6.07) is 9.58. The Kier molecular flexibility index (Phi) is 3.68. The van der Waals surface area contributed by atoms with E-state index in [0.717, 1.165) is 5.56 Å². The van der Waals surface area contributed by atoms with Crippen LogP contribution >= 0.6 is 0 Å². The van der Waals surface area contributed by atoms with E-state index in [4.69, 9.17) is 0 Å². The van der Waals surface area contributed by atoms with E-state index in [-0.39, 0.29) is 5.78 Å². The summed E-state index contributed by atoms with van der Waals surface area (Å²) in [7, 11) is 0. The van der Waals surface area contributed by atoms with Crippen molar-refractivity contribution in [3.05, 3.63) is 71.1 Å². The lowest BCUT2D eigenvalue weighted by molar-refractivity contribution is 0.104. The Morgan fingerprint density at radius 3 is 2.44 bits per heavy atom. The van der Waals surface area contributed by atoms with Gasteiger partial charge in [-0.25, -0.2) is 0 Å². The van der Waals surface area contributed by atoms with Gasteiger partial charge in [-0.3, -0.25) is 9.78 Å². The first-order chi connectivity index (χ1) is 8.66. The van der Waals surface area contributed by atoms with E-state index in [2.05, 4.69) is 31.0 Å². The lowest BCUT2D eigenvalue weighted by Gasteiger charge is -2.00. The maximum absolute atomic E-state index is 11.9. The van der Waals surface area contributed by atoms with E-state index < -0.39 is 0 Å². The van der Waals surface area contributed by atoms with Crippen molar-refractivity contribution in [3.63, 3.8) is 0 Å². The number of nitrogens with zero attached hydrogens (tertiary/aromatic N) is 1. The molecular weight excluding hydrogens is 222 g/mol. The van der Waals surface area contributed by atoms with Crippen LogP contribution in [-0.2, 0) is 0 Å². The molecular formula is C16H15NO. The summed E-state index contributed by atoms with van der Waals surface area (Å²) in [5.74, 6) is -0.00405. The molecule has 0 unspecified atom stereocenters. The Labute approximate surface area is 107 Å². The number of pyridine rings is 1. The van der Waals surface area contributed by atoms with Crippen LogP contribution in [0.25, 0.3) is 6.08 Å². The smallest absolute Gasteiger partial charge is 0.185 e. The highest BCUT2D eigenvalue weighted by atomic mass is 16.1. The summed E-state index contributed by atoms with van der Waals surface area (Å²) in [4.78, 5) is 15.7. The van der Waals surface area contributed by atoms with E-state index in [9.17, 15) is 4.79 Å². The Bertz CT molecular complexity index is 585. The van der Waals surface area contributed by atoms with Gasteiger partial charge in [-0.15, -0.1) is 0 Å². The molecule has 0 saturated carbocycles. The van der Waals surface area contributed by atoms with E-state index >= 15 is 0 Å². The monoisotopic (exact) mass is 237 g/mol. The number of aryl methyl sites for hydroxylation is 2. The number of hydrogen-bond acceptors (Lipinski definition) is 2. The summed E-state index contributed by atoms with van der Waals surface area (Å²) in [6.07, 6.45) is 6.68. The first-order valence-electron chi connectivity index (χ1n) is 5.86. The Morgan fingerprint density at radius 1 is 1.06 bits per heavy atom. The third-order valence-electron chi connectivity index (χ3n) is 2.92. The van der Waals surface area contributed by atoms with Crippen LogP contribution in [-0.4, -0.2) is 10.8 Å². The Morgan fingerprint density at radius 2 is 1.78 bits per heavy atom. The molecule has 0 amide bonds. The zero-order valence-electron chi connectivity index (χ0n) is 10.6. The van der Waals surface area contributed by atoms with Crippen LogP contribution in [0.4, 0.5) is 0 Å². The van der Waals surface area contributed by atoms with Crippen LogP contribution in [0, 0.1) is 13.8 Å². The van der Waals surface area contributed by atoms with E-state index in [1.165, 1.54) is 11.1 Å². The molecule has 1 aromatic carbocycles. The topological polar surface area (TPSA) is 30.0 Å². The summed E-state index contributed by atoms with van der Waals surface area (Å²) < 4.78 is 0. The van der Waals surface area contributed by atoms with Gasteiger partial charge < -0.3 is 0 Å². The van der Waals surface area contributed by atoms with Gasteiger partial charge in [-0.2, -0.15) is 0 Å². The van der Waals surface area contributed by atoms with Crippen molar-refractivity contribution in [3.8, 4) is 0 Å². The molecule has 0 radical (unpaired) electrons. The van der Waals surface area contributed by atoms with Crippen LogP contribution in [0.1, 0.15) is 27.0 Å². The Hall–Kier alpha value is -2.22. The number of carbonyl (C=O) groups excluding carboxylic acids is 1. The summed E-state index contributed by atoms with van der Waals surface area (Å²) in [6.45, 7) is 4.14. The SMILES string of the molecule is Cc1ccc(C=CC(=O)c2ccncc2)cc1C. The maximum Gasteiger partial charge on any atom is 0.185 e.